The van der Waals surface area contributed by atoms with Crippen LogP contribution in [0, 0.1) is 0 Å². The van der Waals surface area contributed by atoms with E-state index in [9.17, 15) is 29.4 Å². The van der Waals surface area contributed by atoms with Gasteiger partial charge in [0.15, 0.2) is 0 Å². The summed E-state index contributed by atoms with van der Waals surface area (Å²) in [5, 5.41) is 24.3. The lowest BCUT2D eigenvalue weighted by molar-refractivity contribution is -0.140. The number of rotatable bonds is 12. The van der Waals surface area contributed by atoms with Crippen LogP contribution in [0.15, 0.2) is 158 Å². The molecule has 60 heavy (non-hydrogen) atoms. The molecule has 0 radical (unpaired) electrons. The summed E-state index contributed by atoms with van der Waals surface area (Å²) in [6.45, 7) is 3.84. The summed E-state index contributed by atoms with van der Waals surface area (Å²) in [4.78, 5) is 48.5. The minimum atomic E-state index is -1.10. The van der Waals surface area contributed by atoms with E-state index in [2.05, 4.69) is 34.9 Å². The fourth-order valence-corrected chi connectivity index (χ4v) is 8.23. The fourth-order valence-electron chi connectivity index (χ4n) is 8.23. The van der Waals surface area contributed by atoms with Gasteiger partial charge in [-0.25, -0.2) is 19.2 Å². The predicted octanol–water partition coefficient (Wildman–Crippen LogP) is 9.56. The maximum Gasteiger partial charge on any atom is 0.407 e. The number of aliphatic carboxylic acids is 2. The van der Waals surface area contributed by atoms with Gasteiger partial charge in [0.05, 0.1) is 0 Å². The lowest BCUT2D eigenvalue weighted by Gasteiger charge is -2.22. The summed E-state index contributed by atoms with van der Waals surface area (Å²) in [6.07, 6.45) is -1.46. The Kier molecular flexibility index (Phi) is 12.7. The number of carbonyl (C=O) groups excluding carboxylic acids is 2. The van der Waals surface area contributed by atoms with Crippen LogP contribution in [-0.4, -0.2) is 59.6 Å². The van der Waals surface area contributed by atoms with Crippen LogP contribution in [0.25, 0.3) is 22.3 Å². The zero-order valence-corrected chi connectivity index (χ0v) is 33.2. The van der Waals surface area contributed by atoms with Crippen molar-refractivity contribution in [2.24, 2.45) is 0 Å². The number of amides is 2. The second-order valence-corrected chi connectivity index (χ2v) is 15.0. The highest BCUT2D eigenvalue weighted by atomic mass is 16.6. The van der Waals surface area contributed by atoms with E-state index >= 15 is 0 Å². The highest BCUT2D eigenvalue weighted by Crippen LogP contribution is 2.45. The summed E-state index contributed by atoms with van der Waals surface area (Å²) in [5.41, 5.74) is 10.7. The standard InChI is InChI=1S/2C25H23NO4/c2*1-16(17-9-3-2-4-10-17)23(24(27)28)26-25(29)30-15-22-20-13-7-5-11-18(20)19-12-6-8-14-21(19)22/h2*2-14,16,22-23H,15H2,1H3,(H,26,29)(H,27,28)/t2*16-,23-/m10/s1. The van der Waals surface area contributed by atoms with Crippen molar-refractivity contribution in [3.05, 3.63) is 191 Å². The van der Waals surface area contributed by atoms with Gasteiger partial charge in [-0.1, -0.05) is 172 Å². The normalized spacial score (nSPS) is 14.3. The molecule has 6 aromatic rings. The maximum atomic E-state index is 12.5. The topological polar surface area (TPSA) is 151 Å². The molecular formula is C50H46N2O8. The third-order valence-electron chi connectivity index (χ3n) is 11.4. The van der Waals surface area contributed by atoms with Crippen molar-refractivity contribution in [2.45, 2.75) is 49.6 Å². The molecule has 0 aromatic heterocycles. The van der Waals surface area contributed by atoms with Crippen molar-refractivity contribution < 1.29 is 38.9 Å². The van der Waals surface area contributed by atoms with Gasteiger partial charge in [-0.3, -0.25) is 0 Å². The average Bonchev–Trinajstić information content (AvgIpc) is 3.78. The van der Waals surface area contributed by atoms with Crippen LogP contribution in [-0.2, 0) is 19.1 Å². The molecule has 0 aliphatic heterocycles. The first-order valence-corrected chi connectivity index (χ1v) is 19.9. The Balaban J connectivity index is 0.000000181. The van der Waals surface area contributed by atoms with Crippen molar-refractivity contribution >= 4 is 24.1 Å². The summed E-state index contributed by atoms with van der Waals surface area (Å²) in [7, 11) is 0. The number of fused-ring (bicyclic) bond motifs is 6. The van der Waals surface area contributed by atoms with Crippen molar-refractivity contribution in [1.82, 2.24) is 10.6 Å². The molecule has 8 rings (SSSR count). The first kappa shape index (κ1) is 41.0. The molecule has 2 aliphatic rings. The molecule has 4 atom stereocenters. The van der Waals surface area contributed by atoms with Gasteiger partial charge in [0.1, 0.15) is 25.3 Å². The number of alkyl carbamates (subject to hydrolysis) is 2. The van der Waals surface area contributed by atoms with E-state index in [1.807, 2.05) is 133 Å². The molecule has 0 bridgehead atoms. The second kappa shape index (κ2) is 18.6. The Hall–Kier alpha value is -7.20. The summed E-state index contributed by atoms with van der Waals surface area (Å²) >= 11 is 0. The molecule has 0 fully saturated rings. The van der Waals surface area contributed by atoms with E-state index in [1.165, 1.54) is 0 Å². The van der Waals surface area contributed by atoms with Crippen LogP contribution in [0.5, 0.6) is 0 Å². The highest BCUT2D eigenvalue weighted by Gasteiger charge is 2.33. The van der Waals surface area contributed by atoms with Crippen LogP contribution in [0.4, 0.5) is 9.59 Å². The van der Waals surface area contributed by atoms with E-state index in [4.69, 9.17) is 9.47 Å². The Bertz CT molecular complexity index is 2210. The Morgan fingerprint density at radius 1 is 0.450 bits per heavy atom. The van der Waals surface area contributed by atoms with Crippen LogP contribution in [0.3, 0.4) is 0 Å². The summed E-state index contributed by atoms with van der Waals surface area (Å²) in [6, 6.07) is 48.6. The van der Waals surface area contributed by atoms with E-state index in [0.29, 0.717) is 0 Å². The second-order valence-electron chi connectivity index (χ2n) is 15.0. The molecule has 10 nitrogen and oxygen atoms in total. The van der Waals surface area contributed by atoms with Crippen LogP contribution >= 0.6 is 0 Å². The first-order chi connectivity index (χ1) is 29.1. The number of hydrogen-bond donors (Lipinski definition) is 4. The number of benzene rings is 6. The summed E-state index contributed by atoms with van der Waals surface area (Å²) in [5.74, 6) is -3.14. The van der Waals surface area contributed by atoms with Gasteiger partial charge >= 0.3 is 24.1 Å². The van der Waals surface area contributed by atoms with Gasteiger partial charge in [-0.2, -0.15) is 0 Å². The van der Waals surface area contributed by atoms with Crippen LogP contribution < -0.4 is 10.6 Å². The molecule has 6 aromatic carbocycles. The summed E-state index contributed by atoms with van der Waals surface area (Å²) < 4.78 is 11.0. The number of hydrogen-bond acceptors (Lipinski definition) is 6. The molecule has 304 valence electrons. The molecule has 2 amide bonds. The monoisotopic (exact) mass is 802 g/mol. The van der Waals surface area contributed by atoms with Crippen molar-refractivity contribution in [3.63, 3.8) is 0 Å². The lowest BCUT2D eigenvalue weighted by atomic mass is 9.93. The number of carboxylic acids is 2. The van der Waals surface area contributed by atoms with E-state index in [0.717, 1.165) is 55.6 Å². The Labute approximate surface area is 348 Å². The molecule has 0 saturated heterocycles. The number of nitrogens with one attached hydrogen (secondary N) is 2. The van der Waals surface area contributed by atoms with E-state index in [1.54, 1.807) is 13.8 Å². The first-order valence-electron chi connectivity index (χ1n) is 19.9. The zero-order valence-electron chi connectivity index (χ0n) is 33.2. The molecule has 0 heterocycles. The van der Waals surface area contributed by atoms with Gasteiger partial charge in [0.2, 0.25) is 0 Å². The average molecular weight is 803 g/mol. The molecular weight excluding hydrogens is 757 g/mol. The zero-order chi connectivity index (χ0) is 42.2. The molecule has 0 saturated carbocycles. The predicted molar refractivity (Wildman–Crippen MR) is 229 cm³/mol. The molecule has 4 N–H and O–H groups in total. The van der Waals surface area contributed by atoms with E-state index < -0.39 is 48.0 Å². The number of carbonyl (C=O) groups is 4. The SMILES string of the molecule is C[C@@H](c1ccccc1)[C@H](NC(=O)OCC1c2ccccc2-c2ccccc21)C(=O)O.C[C@H](c1ccccc1)[C@@H](NC(=O)OCC1c2ccccc2-c2ccccc21)C(=O)O. The maximum absolute atomic E-state index is 12.5. The van der Waals surface area contributed by atoms with Gasteiger partial charge in [-0.15, -0.1) is 0 Å². The number of carboxylic acid groups (broad SMARTS) is 2. The van der Waals surface area contributed by atoms with Crippen molar-refractivity contribution in [3.8, 4) is 22.3 Å². The van der Waals surface area contributed by atoms with Crippen LogP contribution in [0.1, 0.15) is 70.9 Å². The minimum absolute atomic E-state index is 0.0713. The third-order valence-corrected chi connectivity index (χ3v) is 11.4. The molecule has 10 heteroatoms. The van der Waals surface area contributed by atoms with Crippen LogP contribution in [0.2, 0.25) is 0 Å². The van der Waals surface area contributed by atoms with Gasteiger partial charge in [0, 0.05) is 23.7 Å². The van der Waals surface area contributed by atoms with Crippen molar-refractivity contribution in [1.29, 1.82) is 0 Å². The van der Waals surface area contributed by atoms with Gasteiger partial charge in [-0.05, 0) is 55.6 Å². The largest absolute Gasteiger partial charge is 0.480 e. The van der Waals surface area contributed by atoms with Gasteiger partial charge < -0.3 is 30.3 Å². The lowest BCUT2D eigenvalue weighted by Crippen LogP contribution is -2.44. The van der Waals surface area contributed by atoms with Gasteiger partial charge in [0.25, 0.3) is 0 Å². The number of ether oxygens (including phenoxy) is 2. The quantitative estimate of drug-likeness (QED) is 0.0956. The third kappa shape index (κ3) is 8.93. The molecule has 0 spiro atoms. The Morgan fingerprint density at radius 3 is 1.00 bits per heavy atom. The minimum Gasteiger partial charge on any atom is -0.480 e. The molecule has 0 unspecified atom stereocenters. The molecule has 2 aliphatic carbocycles. The van der Waals surface area contributed by atoms with E-state index in [-0.39, 0.29) is 25.0 Å². The van der Waals surface area contributed by atoms with Crippen molar-refractivity contribution in [2.75, 3.05) is 13.2 Å². The Morgan fingerprint density at radius 2 is 0.717 bits per heavy atom. The smallest absolute Gasteiger partial charge is 0.407 e. The highest BCUT2D eigenvalue weighted by molar-refractivity contribution is 5.83. The fraction of sp³-hybridized carbons (Fsp3) is 0.200.